The molecule has 0 saturated heterocycles. The molecule has 0 saturated carbocycles. The van der Waals surface area contributed by atoms with Crippen LogP contribution in [0.5, 0.6) is 0 Å². The third kappa shape index (κ3) is 2.22. The van der Waals surface area contributed by atoms with Crippen molar-refractivity contribution >= 4 is 35.5 Å². The molecule has 3 rings (SSSR count). The predicted molar refractivity (Wildman–Crippen MR) is 87.8 cm³/mol. The number of fused-ring (bicyclic) bond motifs is 1. The molecule has 122 valence electrons. The fourth-order valence-electron chi connectivity index (χ4n) is 2.28. The average Bonchev–Trinajstić information content (AvgIpc) is 2.94. The minimum Gasteiger partial charge on any atom is -0.382 e. The van der Waals surface area contributed by atoms with Crippen LogP contribution >= 0.6 is 12.6 Å². The zero-order chi connectivity index (χ0) is 17.6. The number of nitro groups is 1. The molecule has 2 aromatic heterocycles. The lowest BCUT2D eigenvalue weighted by Gasteiger charge is -1.95. The van der Waals surface area contributed by atoms with Crippen LogP contribution in [0.15, 0.2) is 44.2 Å². The quantitative estimate of drug-likeness (QED) is 0.288. The molecular formula is C13H11N7O3S. The van der Waals surface area contributed by atoms with Gasteiger partial charge in [0.1, 0.15) is 0 Å². The fourth-order valence-corrected chi connectivity index (χ4v) is 2.47. The van der Waals surface area contributed by atoms with E-state index in [-0.39, 0.29) is 33.3 Å². The van der Waals surface area contributed by atoms with Crippen molar-refractivity contribution in [2.24, 2.45) is 10.2 Å². The van der Waals surface area contributed by atoms with Crippen molar-refractivity contribution in [2.45, 2.75) is 11.8 Å². The number of nitrogen functional groups attached to an aromatic ring is 1. The Kier molecular flexibility index (Phi) is 3.56. The zero-order valence-electron chi connectivity index (χ0n) is 12.3. The number of benzene rings is 1. The molecule has 24 heavy (non-hydrogen) atoms. The van der Waals surface area contributed by atoms with Gasteiger partial charge in [0.25, 0.3) is 11.2 Å². The van der Waals surface area contributed by atoms with E-state index < -0.39 is 10.5 Å². The molecule has 0 spiro atoms. The maximum Gasteiger partial charge on any atom is 0.286 e. The minimum atomic E-state index is -0.549. The van der Waals surface area contributed by atoms with Crippen LogP contribution in [0.4, 0.5) is 22.9 Å². The number of non-ortho nitro benzene ring substituents is 1. The van der Waals surface area contributed by atoms with Crippen LogP contribution < -0.4 is 16.8 Å². The van der Waals surface area contributed by atoms with E-state index >= 15 is 0 Å². The Hall–Kier alpha value is -3.21. The number of rotatable bonds is 3. The van der Waals surface area contributed by atoms with Crippen LogP contribution in [0.2, 0.25) is 0 Å². The van der Waals surface area contributed by atoms with E-state index in [1.165, 1.54) is 28.8 Å². The number of azo groups is 1. The molecule has 0 aliphatic rings. The number of thiol groups is 1. The van der Waals surface area contributed by atoms with Gasteiger partial charge in [0, 0.05) is 12.1 Å². The summed E-state index contributed by atoms with van der Waals surface area (Å²) in [5, 5.41) is 26.6. The molecule has 0 bridgehead atoms. The summed E-state index contributed by atoms with van der Waals surface area (Å²) in [4.78, 5) is 22.5. The Labute approximate surface area is 139 Å². The molecule has 3 aromatic rings. The molecule has 0 amide bonds. The molecule has 0 atom stereocenters. The highest BCUT2D eigenvalue weighted by atomic mass is 32.1. The number of nitrogens with zero attached hydrogens (tertiary/aromatic N) is 5. The topological polar surface area (TPSA) is 144 Å². The Morgan fingerprint density at radius 2 is 2.04 bits per heavy atom. The number of aromatic nitrogens is 2. The summed E-state index contributed by atoms with van der Waals surface area (Å²) in [6.07, 6.45) is 0. The number of nitrogens with one attached hydrogen (secondary N) is 1. The van der Waals surface area contributed by atoms with Crippen molar-refractivity contribution in [1.29, 1.82) is 5.41 Å². The summed E-state index contributed by atoms with van der Waals surface area (Å²) in [6, 6.07) is 5.56. The second-order valence-corrected chi connectivity index (χ2v) is 5.37. The van der Waals surface area contributed by atoms with Crippen molar-refractivity contribution in [3.8, 4) is 0 Å². The van der Waals surface area contributed by atoms with Crippen LogP contribution in [0, 0.1) is 22.4 Å². The van der Waals surface area contributed by atoms with Gasteiger partial charge in [0.2, 0.25) is 0 Å². The third-order valence-corrected chi connectivity index (χ3v) is 3.98. The molecule has 1 aromatic carbocycles. The van der Waals surface area contributed by atoms with Crippen LogP contribution in [0.1, 0.15) is 5.69 Å². The molecule has 0 aliphatic heterocycles. The van der Waals surface area contributed by atoms with E-state index in [1.54, 1.807) is 6.92 Å². The van der Waals surface area contributed by atoms with Gasteiger partial charge < -0.3 is 5.73 Å². The smallest absolute Gasteiger partial charge is 0.286 e. The number of hydrogen-bond donors (Lipinski definition) is 3. The zero-order valence-corrected chi connectivity index (χ0v) is 13.2. The van der Waals surface area contributed by atoms with Crippen LogP contribution in [-0.2, 0) is 0 Å². The molecular weight excluding hydrogens is 334 g/mol. The van der Waals surface area contributed by atoms with Crippen molar-refractivity contribution in [2.75, 3.05) is 5.73 Å². The number of aryl methyl sites for hydroxylation is 1. The highest BCUT2D eigenvalue weighted by Crippen LogP contribution is 2.25. The first kappa shape index (κ1) is 15.7. The number of nitro benzene ring substituents is 1. The first-order valence-electron chi connectivity index (χ1n) is 6.62. The number of hydrogen-bond acceptors (Lipinski definition) is 8. The normalized spacial score (nSPS) is 11.6. The summed E-state index contributed by atoms with van der Waals surface area (Å²) < 4.78 is 2.36. The predicted octanol–water partition coefficient (Wildman–Crippen LogP) is 1.82. The molecule has 11 heteroatoms. The van der Waals surface area contributed by atoms with E-state index in [1.807, 2.05) is 0 Å². The van der Waals surface area contributed by atoms with Gasteiger partial charge >= 0.3 is 0 Å². The Morgan fingerprint density at radius 3 is 2.67 bits per heavy atom. The molecule has 3 N–H and O–H groups in total. The Balaban J connectivity index is 2.13. The lowest BCUT2D eigenvalue weighted by Crippen LogP contribution is -2.21. The first-order valence-corrected chi connectivity index (χ1v) is 7.07. The highest BCUT2D eigenvalue weighted by Gasteiger charge is 2.19. The van der Waals surface area contributed by atoms with Gasteiger partial charge in [0.05, 0.1) is 21.2 Å². The van der Waals surface area contributed by atoms with Crippen molar-refractivity contribution in [3.63, 3.8) is 0 Å². The maximum atomic E-state index is 12.1. The van der Waals surface area contributed by atoms with Crippen LogP contribution in [-0.4, -0.2) is 14.0 Å². The van der Waals surface area contributed by atoms with Gasteiger partial charge in [-0.05, 0) is 13.0 Å². The van der Waals surface area contributed by atoms with E-state index in [2.05, 4.69) is 22.9 Å². The van der Waals surface area contributed by atoms with Gasteiger partial charge in [-0.15, -0.1) is 17.7 Å². The van der Waals surface area contributed by atoms with E-state index in [0.29, 0.717) is 5.69 Å². The first-order chi connectivity index (χ1) is 11.3. The summed E-state index contributed by atoms with van der Waals surface area (Å²) in [6.45, 7) is 1.64. The Bertz CT molecular complexity index is 1120. The largest absolute Gasteiger partial charge is 0.382 e. The van der Waals surface area contributed by atoms with E-state index in [9.17, 15) is 14.9 Å². The molecule has 0 fully saturated rings. The van der Waals surface area contributed by atoms with Crippen molar-refractivity contribution in [1.82, 2.24) is 9.03 Å². The summed E-state index contributed by atoms with van der Waals surface area (Å²) in [5.74, 6) is 0.0593. The summed E-state index contributed by atoms with van der Waals surface area (Å²) >= 11 is 4.09. The fraction of sp³-hybridized carbons (Fsp3) is 0.0769. The molecule has 0 unspecified atom stereocenters. The monoisotopic (exact) mass is 345 g/mol. The maximum absolute atomic E-state index is 12.1. The van der Waals surface area contributed by atoms with Gasteiger partial charge in [-0.2, -0.15) is 9.63 Å². The highest BCUT2D eigenvalue weighted by molar-refractivity contribution is 7.80. The Morgan fingerprint density at radius 1 is 1.33 bits per heavy atom. The third-order valence-electron chi connectivity index (χ3n) is 3.47. The molecule has 2 heterocycles. The van der Waals surface area contributed by atoms with Gasteiger partial charge in [-0.3, -0.25) is 20.3 Å². The average molecular weight is 345 g/mol. The summed E-state index contributed by atoms with van der Waals surface area (Å²) in [5.41, 5.74) is 5.80. The van der Waals surface area contributed by atoms with E-state index in [0.717, 1.165) is 4.52 Å². The molecule has 0 radical (unpaired) electrons. The van der Waals surface area contributed by atoms with Crippen LogP contribution in [0.3, 0.4) is 0 Å². The lowest BCUT2D eigenvalue weighted by molar-refractivity contribution is -0.384. The van der Waals surface area contributed by atoms with Crippen LogP contribution in [0.25, 0.3) is 0 Å². The minimum absolute atomic E-state index is 0.00459. The summed E-state index contributed by atoms with van der Waals surface area (Å²) in [7, 11) is 0. The van der Waals surface area contributed by atoms with Crippen molar-refractivity contribution < 1.29 is 4.92 Å². The van der Waals surface area contributed by atoms with Gasteiger partial charge in [-0.25, -0.2) is 4.52 Å². The molecule has 0 aliphatic carbocycles. The van der Waals surface area contributed by atoms with E-state index in [4.69, 9.17) is 11.1 Å². The SMILES string of the molecule is Cc1c(S)c(=O)n2c(=N)c(N=Nc3cccc([N+](=O)[O-])c3)c(N)n12. The van der Waals surface area contributed by atoms with Gasteiger partial charge in [0.15, 0.2) is 17.0 Å². The standard InChI is InChI=1S/C13H11N7O3S/c1-6-10(24)13(21)19-12(15)9(11(14)18(6)19)17-16-7-3-2-4-8(5-7)20(22)23/h2-5,15,24H,14H2,1H3. The lowest BCUT2D eigenvalue weighted by atomic mass is 10.3. The number of nitrogens with two attached hydrogens (primary N) is 1. The second kappa shape index (κ2) is 5.45. The van der Waals surface area contributed by atoms with Crippen molar-refractivity contribution in [3.05, 3.63) is 55.9 Å². The number of anilines is 1. The second-order valence-electron chi connectivity index (χ2n) is 4.92. The molecule has 10 nitrogen and oxygen atoms in total. The van der Waals surface area contributed by atoms with Gasteiger partial charge in [-0.1, -0.05) is 6.07 Å².